The Kier molecular flexibility index (Phi) is 4.98. The number of aryl methyl sites for hydroxylation is 1. The zero-order valence-corrected chi connectivity index (χ0v) is 18.4. The summed E-state index contributed by atoms with van der Waals surface area (Å²) in [4.78, 5) is 26.7. The number of hydrogen-bond acceptors (Lipinski definition) is 4. The van der Waals surface area contributed by atoms with Crippen LogP contribution in [-0.2, 0) is 9.59 Å². The van der Waals surface area contributed by atoms with E-state index < -0.39 is 0 Å². The fourth-order valence-corrected chi connectivity index (χ4v) is 5.71. The van der Waals surface area contributed by atoms with Gasteiger partial charge in [0.25, 0.3) is 5.91 Å². The van der Waals surface area contributed by atoms with E-state index in [-0.39, 0.29) is 17.6 Å². The maximum Gasteiger partial charge on any atom is 0.254 e. The molecule has 1 amide bonds. The number of ketones is 1. The molecular formula is C26H24N2O2S. The predicted molar refractivity (Wildman–Crippen MR) is 126 cm³/mol. The molecule has 2 heterocycles. The number of carbonyl (C=O) groups excluding carboxylic acids is 2. The van der Waals surface area contributed by atoms with Gasteiger partial charge < -0.3 is 10.6 Å². The average Bonchev–Trinajstić information content (AvgIpc) is 3.18. The maximum atomic E-state index is 13.6. The molecule has 5 heteroatoms. The lowest BCUT2D eigenvalue weighted by Gasteiger charge is -2.34. The van der Waals surface area contributed by atoms with E-state index in [0.29, 0.717) is 12.0 Å². The van der Waals surface area contributed by atoms with Crippen LogP contribution in [0, 0.1) is 6.92 Å². The lowest BCUT2D eigenvalue weighted by molar-refractivity contribution is -0.116. The van der Waals surface area contributed by atoms with Crippen LogP contribution in [-0.4, -0.2) is 11.7 Å². The van der Waals surface area contributed by atoms with Crippen LogP contribution in [0.25, 0.3) is 10.1 Å². The molecule has 3 aromatic rings. The molecule has 0 saturated heterocycles. The summed E-state index contributed by atoms with van der Waals surface area (Å²) < 4.78 is 1.16. The Bertz CT molecular complexity index is 1280. The fourth-order valence-electron chi connectivity index (χ4n) is 4.72. The smallest absolute Gasteiger partial charge is 0.254 e. The number of Topliss-reactive ketones (excluding diaryl/α,β-unsaturated/α-hetero) is 1. The van der Waals surface area contributed by atoms with E-state index in [9.17, 15) is 9.59 Å². The van der Waals surface area contributed by atoms with Crippen molar-refractivity contribution >= 4 is 38.8 Å². The first-order valence-corrected chi connectivity index (χ1v) is 11.5. The van der Waals surface area contributed by atoms with Gasteiger partial charge in [0.2, 0.25) is 0 Å². The minimum atomic E-state index is -0.357. The van der Waals surface area contributed by atoms with Crippen molar-refractivity contribution in [2.45, 2.75) is 39.0 Å². The highest BCUT2D eigenvalue weighted by molar-refractivity contribution is 7.17. The third kappa shape index (κ3) is 3.39. The number of thiophene rings is 1. The molecule has 2 aliphatic rings. The lowest BCUT2D eigenvalue weighted by Crippen LogP contribution is -2.35. The van der Waals surface area contributed by atoms with Gasteiger partial charge in [0.05, 0.1) is 0 Å². The van der Waals surface area contributed by atoms with Crippen molar-refractivity contribution < 1.29 is 9.59 Å². The normalized spacial score (nSPS) is 18.8. The van der Waals surface area contributed by atoms with Gasteiger partial charge in [-0.25, -0.2) is 0 Å². The highest BCUT2D eigenvalue weighted by atomic mass is 32.1. The number of nitrogens with one attached hydrogen (secondary N) is 2. The highest BCUT2D eigenvalue weighted by Gasteiger charge is 2.39. The summed E-state index contributed by atoms with van der Waals surface area (Å²) in [7, 11) is 0. The molecule has 1 aliphatic carbocycles. The van der Waals surface area contributed by atoms with Gasteiger partial charge in [-0.2, -0.15) is 0 Å². The van der Waals surface area contributed by atoms with Crippen LogP contribution in [0.15, 0.2) is 76.5 Å². The molecule has 0 bridgehead atoms. The van der Waals surface area contributed by atoms with Crippen molar-refractivity contribution in [1.82, 2.24) is 5.32 Å². The minimum Gasteiger partial charge on any atom is -0.362 e. The van der Waals surface area contributed by atoms with Gasteiger partial charge in [-0.15, -0.1) is 11.3 Å². The molecule has 1 unspecified atom stereocenters. The van der Waals surface area contributed by atoms with Gasteiger partial charge in [-0.1, -0.05) is 36.4 Å². The number of fused-ring (bicyclic) bond motifs is 1. The summed E-state index contributed by atoms with van der Waals surface area (Å²) >= 11 is 1.66. The van der Waals surface area contributed by atoms with E-state index in [4.69, 9.17) is 0 Å². The Morgan fingerprint density at radius 3 is 2.68 bits per heavy atom. The van der Waals surface area contributed by atoms with E-state index >= 15 is 0 Å². The molecule has 2 N–H and O–H groups in total. The molecule has 156 valence electrons. The van der Waals surface area contributed by atoms with Crippen molar-refractivity contribution in [2.24, 2.45) is 0 Å². The first-order valence-electron chi connectivity index (χ1n) is 10.6. The number of amides is 1. The molecule has 0 fully saturated rings. The number of para-hydroxylation sites is 1. The molecule has 1 aromatic heterocycles. The molecule has 0 spiro atoms. The zero-order valence-electron chi connectivity index (χ0n) is 17.6. The Morgan fingerprint density at radius 1 is 1.06 bits per heavy atom. The Morgan fingerprint density at radius 2 is 1.84 bits per heavy atom. The predicted octanol–water partition coefficient (Wildman–Crippen LogP) is 5.82. The number of benzene rings is 2. The van der Waals surface area contributed by atoms with Gasteiger partial charge in [0, 0.05) is 45.3 Å². The molecule has 2 aromatic carbocycles. The third-order valence-corrected chi connectivity index (χ3v) is 7.22. The van der Waals surface area contributed by atoms with Crippen LogP contribution in [0.4, 0.5) is 5.69 Å². The fraction of sp³-hybridized carbons (Fsp3) is 0.231. The number of dihydropyridines is 1. The van der Waals surface area contributed by atoms with Crippen molar-refractivity contribution in [1.29, 1.82) is 0 Å². The van der Waals surface area contributed by atoms with Gasteiger partial charge in [0.15, 0.2) is 5.78 Å². The first kappa shape index (κ1) is 19.8. The SMILES string of the molecule is CC1=C(C(=O)Nc2ccccc2C)C(c2csc3ccccc23)C2=C(CCCC2=O)N1. The largest absolute Gasteiger partial charge is 0.362 e. The molecule has 0 saturated carbocycles. The van der Waals surface area contributed by atoms with Crippen LogP contribution in [0.2, 0.25) is 0 Å². The van der Waals surface area contributed by atoms with Crippen molar-refractivity contribution in [3.63, 3.8) is 0 Å². The second-order valence-corrected chi connectivity index (χ2v) is 9.13. The summed E-state index contributed by atoms with van der Waals surface area (Å²) in [6.07, 6.45) is 2.22. The topological polar surface area (TPSA) is 58.2 Å². The second kappa shape index (κ2) is 7.82. The van der Waals surface area contributed by atoms with Gasteiger partial charge in [-0.3, -0.25) is 9.59 Å². The van der Waals surface area contributed by atoms with E-state index in [1.807, 2.05) is 50.2 Å². The summed E-state index contributed by atoms with van der Waals surface area (Å²) in [5.41, 5.74) is 6.01. The second-order valence-electron chi connectivity index (χ2n) is 8.22. The van der Waals surface area contributed by atoms with Gasteiger partial charge in [0.1, 0.15) is 0 Å². The Balaban J connectivity index is 1.66. The number of rotatable bonds is 3. The van der Waals surface area contributed by atoms with E-state index in [1.165, 1.54) is 0 Å². The van der Waals surface area contributed by atoms with E-state index in [2.05, 4.69) is 28.1 Å². The average molecular weight is 429 g/mol. The van der Waals surface area contributed by atoms with Crippen LogP contribution >= 0.6 is 11.3 Å². The molecular weight excluding hydrogens is 404 g/mol. The third-order valence-electron chi connectivity index (χ3n) is 6.24. The van der Waals surface area contributed by atoms with Gasteiger partial charge >= 0.3 is 0 Å². The summed E-state index contributed by atoms with van der Waals surface area (Å²) in [6.45, 7) is 3.92. The first-order chi connectivity index (χ1) is 15.0. The lowest BCUT2D eigenvalue weighted by atomic mass is 9.75. The summed E-state index contributed by atoms with van der Waals surface area (Å²) in [6, 6.07) is 16.0. The monoisotopic (exact) mass is 428 g/mol. The number of anilines is 1. The molecule has 0 radical (unpaired) electrons. The van der Waals surface area contributed by atoms with Crippen LogP contribution in [0.3, 0.4) is 0 Å². The standard InChI is InChI=1S/C26H24N2O2S/c1-15-8-3-5-10-19(15)28-26(30)23-16(2)27-20-11-7-12-21(29)25(20)24(23)18-14-31-22-13-6-4-9-17(18)22/h3-6,8-10,13-14,24,27H,7,11-12H2,1-2H3,(H,28,30). The number of carbonyl (C=O) groups is 2. The molecule has 4 nitrogen and oxygen atoms in total. The van der Waals surface area contributed by atoms with Crippen molar-refractivity contribution in [3.8, 4) is 0 Å². The van der Waals surface area contributed by atoms with E-state index in [0.717, 1.165) is 56.7 Å². The Hall–Kier alpha value is -3.18. The molecule has 1 aliphatic heterocycles. The van der Waals surface area contributed by atoms with Crippen molar-refractivity contribution in [2.75, 3.05) is 5.32 Å². The molecule has 31 heavy (non-hydrogen) atoms. The van der Waals surface area contributed by atoms with Crippen molar-refractivity contribution in [3.05, 3.63) is 87.6 Å². The van der Waals surface area contributed by atoms with E-state index in [1.54, 1.807) is 11.3 Å². The minimum absolute atomic E-state index is 0.141. The number of allylic oxidation sites excluding steroid dienone is 3. The quantitative estimate of drug-likeness (QED) is 0.553. The number of hydrogen-bond donors (Lipinski definition) is 2. The van der Waals surface area contributed by atoms with Crippen LogP contribution in [0.5, 0.6) is 0 Å². The highest BCUT2D eigenvalue weighted by Crippen LogP contribution is 2.45. The molecule has 1 atom stereocenters. The Labute approximate surface area is 185 Å². The zero-order chi connectivity index (χ0) is 21.5. The summed E-state index contributed by atoms with van der Waals surface area (Å²) in [5, 5.41) is 9.72. The van der Waals surface area contributed by atoms with Crippen LogP contribution in [0.1, 0.15) is 43.2 Å². The maximum absolute atomic E-state index is 13.6. The van der Waals surface area contributed by atoms with Gasteiger partial charge in [-0.05, 0) is 60.7 Å². The van der Waals surface area contributed by atoms with Crippen LogP contribution < -0.4 is 10.6 Å². The molecule has 5 rings (SSSR count). The summed E-state index contributed by atoms with van der Waals surface area (Å²) in [5.74, 6) is -0.378.